The number of hydrogen-bond donors (Lipinski definition) is 0. The molecule has 0 unspecified atom stereocenters. The summed E-state index contributed by atoms with van der Waals surface area (Å²) >= 11 is 0. The third-order valence-corrected chi connectivity index (χ3v) is 4.58. The van der Waals surface area contributed by atoms with Crippen molar-refractivity contribution in [1.82, 2.24) is 4.90 Å². The number of nitrogens with zero attached hydrogens (tertiary/aromatic N) is 1. The van der Waals surface area contributed by atoms with Crippen LogP contribution in [0, 0.1) is 5.92 Å². The monoisotopic (exact) mass is 281 g/mol. The van der Waals surface area contributed by atoms with Gasteiger partial charge in [0.05, 0.1) is 0 Å². The van der Waals surface area contributed by atoms with Crippen molar-refractivity contribution < 1.29 is 4.79 Å². The quantitative estimate of drug-likeness (QED) is 0.479. The fourth-order valence-electron chi connectivity index (χ4n) is 3.20. The van der Waals surface area contributed by atoms with Gasteiger partial charge in [0.2, 0.25) is 5.91 Å². The van der Waals surface area contributed by atoms with Crippen molar-refractivity contribution in [2.45, 2.75) is 90.9 Å². The van der Waals surface area contributed by atoms with Crippen molar-refractivity contribution in [3.8, 4) is 0 Å². The van der Waals surface area contributed by atoms with Gasteiger partial charge in [0, 0.05) is 19.0 Å². The zero-order valence-electron chi connectivity index (χ0n) is 13.8. The molecule has 0 aromatic carbocycles. The van der Waals surface area contributed by atoms with Gasteiger partial charge in [0.25, 0.3) is 0 Å². The summed E-state index contributed by atoms with van der Waals surface area (Å²) < 4.78 is 0. The maximum atomic E-state index is 12.5. The highest BCUT2D eigenvalue weighted by molar-refractivity contribution is 5.79. The first kappa shape index (κ1) is 17.5. The van der Waals surface area contributed by atoms with Gasteiger partial charge in [-0.1, -0.05) is 65.2 Å². The molecule has 0 aromatic heterocycles. The molecule has 0 N–H and O–H groups in total. The lowest BCUT2D eigenvalue weighted by Gasteiger charge is -2.25. The van der Waals surface area contributed by atoms with Crippen LogP contribution in [0.2, 0.25) is 0 Å². The van der Waals surface area contributed by atoms with Crippen LogP contribution in [0.3, 0.4) is 0 Å². The van der Waals surface area contributed by atoms with Crippen LogP contribution in [0.25, 0.3) is 0 Å². The molecule has 0 spiro atoms. The average Bonchev–Trinajstić information content (AvgIpc) is 2.99. The van der Waals surface area contributed by atoms with Crippen molar-refractivity contribution >= 4 is 5.91 Å². The summed E-state index contributed by atoms with van der Waals surface area (Å²) in [5, 5.41) is 0. The fourth-order valence-corrected chi connectivity index (χ4v) is 3.20. The van der Waals surface area contributed by atoms with Crippen molar-refractivity contribution in [3.05, 3.63) is 0 Å². The molecule has 0 aromatic rings. The van der Waals surface area contributed by atoms with Crippen LogP contribution in [-0.2, 0) is 4.79 Å². The Morgan fingerprint density at radius 3 is 2.05 bits per heavy atom. The number of carbonyl (C=O) groups is 1. The molecule has 0 aliphatic heterocycles. The van der Waals surface area contributed by atoms with Gasteiger partial charge in [-0.3, -0.25) is 4.79 Å². The number of hydrogen-bond acceptors (Lipinski definition) is 1. The Bertz CT molecular complexity index is 246. The van der Waals surface area contributed by atoms with E-state index in [2.05, 4.69) is 18.7 Å². The summed E-state index contributed by atoms with van der Waals surface area (Å²) in [7, 11) is 0. The molecule has 1 aliphatic carbocycles. The van der Waals surface area contributed by atoms with Crippen LogP contribution in [0.4, 0.5) is 0 Å². The summed E-state index contributed by atoms with van der Waals surface area (Å²) in [5.74, 6) is 0.816. The maximum absolute atomic E-state index is 12.5. The van der Waals surface area contributed by atoms with Gasteiger partial charge in [-0.05, 0) is 25.7 Å². The van der Waals surface area contributed by atoms with Crippen LogP contribution in [0.5, 0.6) is 0 Å². The van der Waals surface area contributed by atoms with Gasteiger partial charge in [-0.2, -0.15) is 0 Å². The highest BCUT2D eigenvalue weighted by atomic mass is 16.2. The predicted octanol–water partition coefficient (Wildman–Crippen LogP) is 5.17. The Hall–Kier alpha value is -0.530. The van der Waals surface area contributed by atoms with Crippen molar-refractivity contribution in [1.29, 1.82) is 0 Å². The van der Waals surface area contributed by atoms with E-state index >= 15 is 0 Å². The van der Waals surface area contributed by atoms with E-state index in [1.54, 1.807) is 0 Å². The van der Waals surface area contributed by atoms with Crippen LogP contribution in [-0.4, -0.2) is 23.9 Å². The highest BCUT2D eigenvalue weighted by Gasteiger charge is 2.26. The van der Waals surface area contributed by atoms with Crippen molar-refractivity contribution in [2.75, 3.05) is 13.1 Å². The van der Waals surface area contributed by atoms with Crippen molar-refractivity contribution in [3.63, 3.8) is 0 Å². The SMILES string of the molecule is CCCCCCCCN(CCCC)C(=O)C1CCCC1. The smallest absolute Gasteiger partial charge is 0.225 e. The third kappa shape index (κ3) is 6.76. The first-order valence-corrected chi connectivity index (χ1v) is 9.08. The molecule has 0 radical (unpaired) electrons. The molecule has 0 heterocycles. The summed E-state index contributed by atoms with van der Waals surface area (Å²) in [6, 6.07) is 0. The minimum Gasteiger partial charge on any atom is -0.342 e. The fraction of sp³-hybridized carbons (Fsp3) is 0.944. The molecule has 0 bridgehead atoms. The Kier molecular flexibility index (Phi) is 9.78. The lowest BCUT2D eigenvalue weighted by molar-refractivity contribution is -0.135. The van der Waals surface area contributed by atoms with Gasteiger partial charge < -0.3 is 4.90 Å². The summed E-state index contributed by atoms with van der Waals surface area (Å²) in [6.07, 6.45) is 15.0. The maximum Gasteiger partial charge on any atom is 0.225 e. The van der Waals surface area contributed by atoms with Crippen LogP contribution < -0.4 is 0 Å². The molecular formula is C18H35NO. The summed E-state index contributed by atoms with van der Waals surface area (Å²) in [5.41, 5.74) is 0. The average molecular weight is 281 g/mol. The normalized spacial score (nSPS) is 15.7. The second kappa shape index (κ2) is 11.2. The molecule has 1 aliphatic rings. The Morgan fingerprint density at radius 2 is 1.40 bits per heavy atom. The summed E-state index contributed by atoms with van der Waals surface area (Å²) in [4.78, 5) is 14.7. The van der Waals surface area contributed by atoms with E-state index in [9.17, 15) is 4.79 Å². The molecule has 2 nitrogen and oxygen atoms in total. The molecule has 1 saturated carbocycles. The van der Waals surface area contributed by atoms with Gasteiger partial charge in [0.1, 0.15) is 0 Å². The van der Waals surface area contributed by atoms with E-state index in [4.69, 9.17) is 0 Å². The number of carbonyl (C=O) groups excluding carboxylic acids is 1. The standard InChI is InChI=1S/C18H35NO/c1-3-5-7-8-9-12-16-19(15-6-4-2)18(20)17-13-10-11-14-17/h17H,3-16H2,1-2H3. The predicted molar refractivity (Wildman–Crippen MR) is 86.8 cm³/mol. The van der Waals surface area contributed by atoms with Crippen LogP contribution in [0.15, 0.2) is 0 Å². The van der Waals surface area contributed by atoms with Crippen LogP contribution in [0.1, 0.15) is 90.9 Å². The molecule has 1 amide bonds. The van der Waals surface area contributed by atoms with Gasteiger partial charge in [0.15, 0.2) is 0 Å². The zero-order valence-corrected chi connectivity index (χ0v) is 13.8. The Labute approximate surface area is 126 Å². The van der Waals surface area contributed by atoms with E-state index in [1.807, 2.05) is 0 Å². The van der Waals surface area contributed by atoms with Gasteiger partial charge in [-0.25, -0.2) is 0 Å². The van der Waals surface area contributed by atoms with E-state index in [-0.39, 0.29) is 0 Å². The van der Waals surface area contributed by atoms with E-state index in [0.29, 0.717) is 11.8 Å². The number of amides is 1. The molecule has 2 heteroatoms. The molecule has 20 heavy (non-hydrogen) atoms. The lowest BCUT2D eigenvalue weighted by atomic mass is 10.1. The second-order valence-electron chi connectivity index (χ2n) is 6.43. The lowest BCUT2D eigenvalue weighted by Crippen LogP contribution is -2.36. The van der Waals surface area contributed by atoms with E-state index < -0.39 is 0 Å². The second-order valence-corrected chi connectivity index (χ2v) is 6.43. The molecule has 118 valence electrons. The number of unbranched alkanes of at least 4 members (excludes halogenated alkanes) is 6. The highest BCUT2D eigenvalue weighted by Crippen LogP contribution is 2.26. The number of rotatable bonds is 11. The molecule has 1 fully saturated rings. The zero-order chi connectivity index (χ0) is 14.6. The van der Waals surface area contributed by atoms with Gasteiger partial charge in [-0.15, -0.1) is 0 Å². The Morgan fingerprint density at radius 1 is 0.850 bits per heavy atom. The minimum atomic E-state index is 0.354. The topological polar surface area (TPSA) is 20.3 Å². The Balaban J connectivity index is 2.25. The molecule has 1 rings (SSSR count). The molecular weight excluding hydrogens is 246 g/mol. The van der Waals surface area contributed by atoms with Gasteiger partial charge >= 0.3 is 0 Å². The van der Waals surface area contributed by atoms with Crippen molar-refractivity contribution in [2.24, 2.45) is 5.92 Å². The summed E-state index contributed by atoms with van der Waals surface area (Å²) in [6.45, 7) is 6.46. The third-order valence-electron chi connectivity index (χ3n) is 4.58. The first-order chi connectivity index (χ1) is 9.79. The van der Waals surface area contributed by atoms with E-state index in [0.717, 1.165) is 32.4 Å². The first-order valence-electron chi connectivity index (χ1n) is 9.08. The molecule has 0 atom stereocenters. The minimum absolute atomic E-state index is 0.354. The van der Waals surface area contributed by atoms with Crippen LogP contribution >= 0.6 is 0 Å². The largest absolute Gasteiger partial charge is 0.342 e. The van der Waals surface area contributed by atoms with E-state index in [1.165, 1.54) is 57.8 Å². The molecule has 0 saturated heterocycles.